The van der Waals surface area contributed by atoms with Gasteiger partial charge in [-0.25, -0.2) is 0 Å². The van der Waals surface area contributed by atoms with Crippen molar-refractivity contribution in [2.45, 2.75) is 46.1 Å². The van der Waals surface area contributed by atoms with Crippen molar-refractivity contribution in [3.8, 4) is 5.75 Å². The maximum Gasteiger partial charge on any atom is 0.265 e. The molecule has 0 aliphatic carbocycles. The first kappa shape index (κ1) is 17.9. The molecule has 4 nitrogen and oxygen atoms in total. The van der Waals surface area contributed by atoms with Crippen LogP contribution < -0.4 is 15.8 Å². The second-order valence-electron chi connectivity index (χ2n) is 7.04. The number of hydrogen-bond acceptors (Lipinski definition) is 3. The van der Waals surface area contributed by atoms with Crippen molar-refractivity contribution in [1.82, 2.24) is 0 Å². The number of carbonyl (C=O) groups is 1. The zero-order valence-corrected chi connectivity index (χ0v) is 15.0. The van der Waals surface area contributed by atoms with E-state index in [1.807, 2.05) is 49.4 Å². The third kappa shape index (κ3) is 4.28. The third-order valence-corrected chi connectivity index (χ3v) is 4.04. The topological polar surface area (TPSA) is 64.3 Å². The van der Waals surface area contributed by atoms with E-state index >= 15 is 0 Å². The van der Waals surface area contributed by atoms with Gasteiger partial charge >= 0.3 is 0 Å². The fourth-order valence-electron chi connectivity index (χ4n) is 2.31. The Morgan fingerprint density at radius 2 is 1.75 bits per heavy atom. The summed E-state index contributed by atoms with van der Waals surface area (Å²) in [7, 11) is 0. The van der Waals surface area contributed by atoms with Crippen LogP contribution in [0.5, 0.6) is 5.75 Å². The summed E-state index contributed by atoms with van der Waals surface area (Å²) in [5.41, 5.74) is 9.39. The number of hydrogen-bond donors (Lipinski definition) is 2. The molecule has 3 N–H and O–H groups in total. The molecule has 0 aromatic heterocycles. The second kappa shape index (κ2) is 6.95. The molecule has 0 fully saturated rings. The molecule has 0 bridgehead atoms. The van der Waals surface area contributed by atoms with E-state index in [1.165, 1.54) is 5.56 Å². The van der Waals surface area contributed by atoms with E-state index in [0.29, 0.717) is 17.1 Å². The van der Waals surface area contributed by atoms with Crippen molar-refractivity contribution >= 4 is 17.3 Å². The Morgan fingerprint density at radius 1 is 1.12 bits per heavy atom. The lowest BCUT2D eigenvalue weighted by atomic mass is 9.87. The average molecular weight is 326 g/mol. The number of benzene rings is 2. The zero-order valence-electron chi connectivity index (χ0n) is 15.0. The molecule has 4 heteroatoms. The van der Waals surface area contributed by atoms with Crippen LogP contribution in [0.3, 0.4) is 0 Å². The Kier molecular flexibility index (Phi) is 5.17. The van der Waals surface area contributed by atoms with Gasteiger partial charge < -0.3 is 15.8 Å². The van der Waals surface area contributed by atoms with Gasteiger partial charge in [-0.3, -0.25) is 4.79 Å². The van der Waals surface area contributed by atoms with Crippen molar-refractivity contribution < 1.29 is 9.53 Å². The summed E-state index contributed by atoms with van der Waals surface area (Å²) in [6, 6.07) is 13.3. The van der Waals surface area contributed by atoms with Gasteiger partial charge in [0.05, 0.1) is 0 Å². The standard InChI is InChI=1S/C20H26N2O2/c1-13-17(21)7-6-8-18(13)22-19(23)14(2)24-16-11-9-15(10-12-16)20(3,4)5/h6-12,14H,21H2,1-5H3,(H,22,23)/t14-/m1/s1. The van der Waals surface area contributed by atoms with E-state index in [0.717, 1.165) is 5.56 Å². The maximum atomic E-state index is 12.3. The number of ether oxygens (including phenoxy) is 1. The first-order chi connectivity index (χ1) is 11.2. The summed E-state index contributed by atoms with van der Waals surface area (Å²) in [5, 5.41) is 2.86. The molecule has 0 heterocycles. The molecule has 0 unspecified atom stereocenters. The fourth-order valence-corrected chi connectivity index (χ4v) is 2.31. The molecule has 0 saturated heterocycles. The number of rotatable bonds is 4. The Balaban J connectivity index is 2.02. The molecule has 1 amide bonds. The monoisotopic (exact) mass is 326 g/mol. The highest BCUT2D eigenvalue weighted by molar-refractivity contribution is 5.95. The van der Waals surface area contributed by atoms with Crippen LogP contribution in [0.1, 0.15) is 38.8 Å². The van der Waals surface area contributed by atoms with Crippen LogP contribution in [0.4, 0.5) is 11.4 Å². The number of nitrogen functional groups attached to an aromatic ring is 1. The van der Waals surface area contributed by atoms with Gasteiger partial charge in [-0.15, -0.1) is 0 Å². The van der Waals surface area contributed by atoms with Crippen molar-refractivity contribution in [2.24, 2.45) is 0 Å². The normalized spacial score (nSPS) is 12.5. The highest BCUT2D eigenvalue weighted by atomic mass is 16.5. The Morgan fingerprint density at radius 3 is 2.33 bits per heavy atom. The summed E-state index contributed by atoms with van der Waals surface area (Å²) in [6.07, 6.45) is -0.605. The summed E-state index contributed by atoms with van der Waals surface area (Å²) in [6.45, 7) is 10.1. The van der Waals surface area contributed by atoms with Gasteiger partial charge in [0.1, 0.15) is 5.75 Å². The molecule has 1 atom stereocenters. The van der Waals surface area contributed by atoms with Gasteiger partial charge in [0.15, 0.2) is 6.10 Å². The molecule has 2 aromatic carbocycles. The molecule has 2 rings (SSSR count). The van der Waals surface area contributed by atoms with Crippen LogP contribution in [0.25, 0.3) is 0 Å². The smallest absolute Gasteiger partial charge is 0.265 e. The Bertz CT molecular complexity index is 715. The Hall–Kier alpha value is -2.49. The molecule has 0 saturated carbocycles. The third-order valence-electron chi connectivity index (χ3n) is 4.04. The van der Waals surface area contributed by atoms with Gasteiger partial charge in [0.2, 0.25) is 0 Å². The minimum Gasteiger partial charge on any atom is -0.481 e. The van der Waals surface area contributed by atoms with Crippen molar-refractivity contribution in [3.63, 3.8) is 0 Å². The zero-order chi connectivity index (χ0) is 17.9. The lowest BCUT2D eigenvalue weighted by molar-refractivity contribution is -0.122. The molecule has 128 valence electrons. The van der Waals surface area contributed by atoms with Gasteiger partial charge in [-0.2, -0.15) is 0 Å². The van der Waals surface area contributed by atoms with Crippen molar-refractivity contribution in [1.29, 1.82) is 0 Å². The van der Waals surface area contributed by atoms with Crippen LogP contribution in [0.15, 0.2) is 42.5 Å². The summed E-state index contributed by atoms with van der Waals surface area (Å²) in [4.78, 5) is 12.3. The lowest BCUT2D eigenvalue weighted by Gasteiger charge is -2.20. The fraction of sp³-hybridized carbons (Fsp3) is 0.350. The molecule has 0 radical (unpaired) electrons. The first-order valence-corrected chi connectivity index (χ1v) is 8.11. The van der Waals surface area contributed by atoms with Crippen LogP contribution >= 0.6 is 0 Å². The Labute approximate surface area is 144 Å². The van der Waals surface area contributed by atoms with Crippen LogP contribution in [0, 0.1) is 6.92 Å². The van der Waals surface area contributed by atoms with Crippen molar-refractivity contribution in [2.75, 3.05) is 11.1 Å². The van der Waals surface area contributed by atoms with E-state index in [1.54, 1.807) is 6.92 Å². The summed E-state index contributed by atoms with van der Waals surface area (Å²) < 4.78 is 5.74. The van der Waals surface area contributed by atoms with E-state index in [2.05, 4.69) is 26.1 Å². The summed E-state index contributed by atoms with van der Waals surface area (Å²) >= 11 is 0. The predicted octanol–water partition coefficient (Wildman–Crippen LogP) is 4.28. The quantitative estimate of drug-likeness (QED) is 0.824. The molecule has 0 aliphatic heterocycles. The molecule has 0 aliphatic rings. The van der Waals surface area contributed by atoms with Crippen molar-refractivity contribution in [3.05, 3.63) is 53.6 Å². The van der Waals surface area contributed by atoms with E-state index in [4.69, 9.17) is 10.5 Å². The van der Waals surface area contributed by atoms with Crippen LogP contribution in [0.2, 0.25) is 0 Å². The van der Waals surface area contributed by atoms with Gasteiger partial charge in [0, 0.05) is 11.4 Å². The highest BCUT2D eigenvalue weighted by Gasteiger charge is 2.17. The largest absolute Gasteiger partial charge is 0.481 e. The lowest BCUT2D eigenvalue weighted by Crippen LogP contribution is -2.30. The van der Waals surface area contributed by atoms with E-state index in [9.17, 15) is 4.79 Å². The summed E-state index contributed by atoms with van der Waals surface area (Å²) in [5.74, 6) is 0.471. The van der Waals surface area contributed by atoms with E-state index < -0.39 is 6.10 Å². The maximum absolute atomic E-state index is 12.3. The first-order valence-electron chi connectivity index (χ1n) is 8.11. The second-order valence-corrected chi connectivity index (χ2v) is 7.04. The predicted molar refractivity (Wildman–Crippen MR) is 99.5 cm³/mol. The molecule has 0 spiro atoms. The van der Waals surface area contributed by atoms with Gasteiger partial charge in [0.25, 0.3) is 5.91 Å². The van der Waals surface area contributed by atoms with Crippen LogP contribution in [-0.4, -0.2) is 12.0 Å². The molecular weight excluding hydrogens is 300 g/mol. The highest BCUT2D eigenvalue weighted by Crippen LogP contribution is 2.25. The minimum atomic E-state index is -0.605. The molecule has 24 heavy (non-hydrogen) atoms. The number of carbonyl (C=O) groups excluding carboxylic acids is 1. The SMILES string of the molecule is Cc1c(N)cccc1NC(=O)[C@@H](C)Oc1ccc(C(C)(C)C)cc1. The molecule has 2 aromatic rings. The number of anilines is 2. The van der Waals surface area contributed by atoms with Gasteiger partial charge in [-0.1, -0.05) is 39.0 Å². The number of amides is 1. The minimum absolute atomic E-state index is 0.0896. The number of nitrogens with two attached hydrogens (primary N) is 1. The van der Waals surface area contributed by atoms with E-state index in [-0.39, 0.29) is 11.3 Å². The average Bonchev–Trinajstić information content (AvgIpc) is 2.51. The van der Waals surface area contributed by atoms with Gasteiger partial charge in [-0.05, 0) is 54.7 Å². The molecular formula is C20H26N2O2. The number of nitrogens with one attached hydrogen (secondary N) is 1. The van der Waals surface area contributed by atoms with Crippen LogP contribution in [-0.2, 0) is 10.2 Å².